The van der Waals surface area contributed by atoms with Gasteiger partial charge in [0.05, 0.1) is 0 Å². The van der Waals surface area contributed by atoms with Crippen molar-refractivity contribution in [3.63, 3.8) is 0 Å². The maximum atomic E-state index is 11.8. The molecular weight excluding hydrogens is 363 g/mol. The van der Waals surface area contributed by atoms with Crippen LogP contribution >= 0.6 is 35.0 Å². The maximum Gasteiger partial charge on any atom is 0.224 e. The highest BCUT2D eigenvalue weighted by atomic mass is 127. The van der Waals surface area contributed by atoms with Gasteiger partial charge >= 0.3 is 0 Å². The summed E-state index contributed by atoms with van der Waals surface area (Å²) in [5.74, 6) is 0.437. The highest BCUT2D eigenvalue weighted by Crippen LogP contribution is 2.27. The zero-order valence-electron chi connectivity index (χ0n) is 10.1. The molecule has 0 aromatic heterocycles. The van der Waals surface area contributed by atoms with Crippen molar-refractivity contribution in [2.75, 3.05) is 5.32 Å². The lowest BCUT2D eigenvalue weighted by Gasteiger charge is -2.14. The molecule has 0 saturated heterocycles. The molecule has 1 fully saturated rings. The van der Waals surface area contributed by atoms with Gasteiger partial charge < -0.3 is 11.1 Å². The van der Waals surface area contributed by atoms with Gasteiger partial charge in [0.2, 0.25) is 5.91 Å². The van der Waals surface area contributed by atoms with Crippen LogP contribution in [0.25, 0.3) is 0 Å². The zero-order valence-corrected chi connectivity index (χ0v) is 13.0. The Labute approximate surface area is 127 Å². The summed E-state index contributed by atoms with van der Waals surface area (Å²) in [5, 5.41) is 2.92. The number of amides is 1. The van der Waals surface area contributed by atoms with E-state index in [0.29, 0.717) is 12.3 Å². The molecule has 0 spiro atoms. The second kappa shape index (κ2) is 7.31. The fourth-order valence-electron chi connectivity index (χ4n) is 2.30. The molecule has 0 bridgehead atoms. The molecule has 1 aliphatic rings. The van der Waals surface area contributed by atoms with E-state index in [1.165, 1.54) is 3.57 Å². The van der Waals surface area contributed by atoms with Gasteiger partial charge in [0.1, 0.15) is 0 Å². The zero-order chi connectivity index (χ0) is 12.3. The molecule has 1 aromatic carbocycles. The summed E-state index contributed by atoms with van der Waals surface area (Å²) in [4.78, 5) is 11.8. The van der Waals surface area contributed by atoms with E-state index in [-0.39, 0.29) is 24.4 Å². The number of carbonyl (C=O) groups is 1. The van der Waals surface area contributed by atoms with Crippen LogP contribution in [0, 0.1) is 9.49 Å². The number of rotatable bonds is 3. The predicted octanol–water partition coefficient (Wildman–Crippen LogP) is 3.17. The van der Waals surface area contributed by atoms with Crippen LogP contribution < -0.4 is 11.1 Å². The number of hydrogen-bond donors (Lipinski definition) is 2. The quantitative estimate of drug-likeness (QED) is 0.791. The fraction of sp³-hybridized carbons (Fsp3) is 0.462. The van der Waals surface area contributed by atoms with Gasteiger partial charge in [0.15, 0.2) is 0 Å². The topological polar surface area (TPSA) is 55.1 Å². The van der Waals surface area contributed by atoms with Crippen molar-refractivity contribution in [1.82, 2.24) is 0 Å². The van der Waals surface area contributed by atoms with Crippen LogP contribution in [0.1, 0.15) is 25.7 Å². The van der Waals surface area contributed by atoms with Gasteiger partial charge in [-0.25, -0.2) is 0 Å². The van der Waals surface area contributed by atoms with Crippen LogP contribution in [0.2, 0.25) is 0 Å². The number of carbonyl (C=O) groups excluding carboxylic acids is 1. The summed E-state index contributed by atoms with van der Waals surface area (Å²) in [7, 11) is 0. The van der Waals surface area contributed by atoms with Crippen LogP contribution in [-0.2, 0) is 4.79 Å². The molecule has 0 aliphatic heterocycles. The van der Waals surface area contributed by atoms with Crippen molar-refractivity contribution < 1.29 is 4.79 Å². The van der Waals surface area contributed by atoms with Crippen LogP contribution in [0.5, 0.6) is 0 Å². The molecule has 5 heteroatoms. The SMILES string of the molecule is Cl.N[C@@H]1CCC[C@H]1CC(=O)Nc1ccc(I)cc1. The minimum Gasteiger partial charge on any atom is -0.327 e. The second-order valence-corrected chi connectivity index (χ2v) is 5.86. The first kappa shape index (κ1) is 15.7. The van der Waals surface area contributed by atoms with Crippen molar-refractivity contribution >= 4 is 46.6 Å². The summed E-state index contributed by atoms with van der Waals surface area (Å²) in [6, 6.07) is 8.02. The Hall–Kier alpha value is -0.330. The molecule has 100 valence electrons. The number of nitrogens with one attached hydrogen (secondary N) is 1. The Morgan fingerprint density at radius 1 is 1.33 bits per heavy atom. The first-order chi connectivity index (χ1) is 8.15. The van der Waals surface area contributed by atoms with Crippen molar-refractivity contribution in [3.05, 3.63) is 27.8 Å². The number of hydrogen-bond acceptors (Lipinski definition) is 2. The molecule has 3 N–H and O–H groups in total. The lowest BCUT2D eigenvalue weighted by atomic mass is 10.00. The van der Waals surface area contributed by atoms with E-state index in [9.17, 15) is 4.79 Å². The molecule has 3 nitrogen and oxygen atoms in total. The van der Waals surface area contributed by atoms with Crippen molar-refractivity contribution in [2.24, 2.45) is 11.7 Å². The van der Waals surface area contributed by atoms with Gasteiger partial charge in [-0.1, -0.05) is 6.42 Å². The molecule has 1 saturated carbocycles. The molecule has 1 amide bonds. The Morgan fingerprint density at radius 3 is 2.56 bits per heavy atom. The summed E-state index contributed by atoms with van der Waals surface area (Å²) in [6.45, 7) is 0. The van der Waals surface area contributed by atoms with E-state index in [2.05, 4.69) is 27.9 Å². The third-order valence-corrected chi connectivity index (χ3v) is 4.01. The predicted molar refractivity (Wildman–Crippen MR) is 85.0 cm³/mol. The third kappa shape index (κ3) is 4.40. The van der Waals surface area contributed by atoms with E-state index in [4.69, 9.17) is 5.73 Å². The Kier molecular flexibility index (Phi) is 6.38. The molecule has 18 heavy (non-hydrogen) atoms. The number of halogens is 2. The lowest BCUT2D eigenvalue weighted by molar-refractivity contribution is -0.117. The molecule has 2 rings (SSSR count). The van der Waals surface area contributed by atoms with Crippen LogP contribution in [0.15, 0.2) is 24.3 Å². The molecule has 0 heterocycles. The second-order valence-electron chi connectivity index (χ2n) is 4.61. The average Bonchev–Trinajstić information content (AvgIpc) is 2.68. The van der Waals surface area contributed by atoms with Gasteiger partial charge in [-0.15, -0.1) is 12.4 Å². The molecular formula is C13H18ClIN2O. The highest BCUT2D eigenvalue weighted by molar-refractivity contribution is 14.1. The third-order valence-electron chi connectivity index (χ3n) is 3.29. The standard InChI is InChI=1S/C13H17IN2O.ClH/c14-10-4-6-11(7-5-10)16-13(17)8-9-2-1-3-12(9)15;/h4-7,9,12H,1-3,8,15H2,(H,16,17);1H/t9-,12+;/m0./s1. The minimum absolute atomic E-state index is 0. The molecule has 1 aliphatic carbocycles. The van der Waals surface area contributed by atoms with Gasteiger partial charge in [0.25, 0.3) is 0 Å². The first-order valence-corrected chi connectivity index (χ1v) is 7.04. The van der Waals surface area contributed by atoms with Gasteiger partial charge in [-0.05, 0) is 65.6 Å². The smallest absolute Gasteiger partial charge is 0.224 e. The van der Waals surface area contributed by atoms with Crippen molar-refractivity contribution in [2.45, 2.75) is 31.7 Å². The Morgan fingerprint density at radius 2 is 2.00 bits per heavy atom. The summed E-state index contributed by atoms with van der Waals surface area (Å²) >= 11 is 2.24. The number of benzene rings is 1. The lowest BCUT2D eigenvalue weighted by Crippen LogP contribution is -2.28. The van der Waals surface area contributed by atoms with E-state index in [1.807, 2.05) is 24.3 Å². The van der Waals surface area contributed by atoms with Crippen molar-refractivity contribution in [1.29, 1.82) is 0 Å². The molecule has 0 radical (unpaired) electrons. The van der Waals surface area contributed by atoms with Gasteiger partial charge in [0, 0.05) is 21.7 Å². The van der Waals surface area contributed by atoms with Crippen molar-refractivity contribution in [3.8, 4) is 0 Å². The van der Waals surface area contributed by atoms with E-state index in [0.717, 1.165) is 24.9 Å². The molecule has 1 aromatic rings. The minimum atomic E-state index is 0. The van der Waals surface area contributed by atoms with E-state index in [1.54, 1.807) is 0 Å². The molecule has 2 atom stereocenters. The van der Waals surface area contributed by atoms with E-state index >= 15 is 0 Å². The number of anilines is 1. The highest BCUT2D eigenvalue weighted by Gasteiger charge is 2.25. The maximum absolute atomic E-state index is 11.8. The Bertz CT molecular complexity index is 396. The first-order valence-electron chi connectivity index (χ1n) is 5.96. The average molecular weight is 381 g/mol. The van der Waals surface area contributed by atoms with Gasteiger partial charge in [-0.3, -0.25) is 4.79 Å². The van der Waals surface area contributed by atoms with Crippen LogP contribution in [0.4, 0.5) is 5.69 Å². The monoisotopic (exact) mass is 380 g/mol. The van der Waals surface area contributed by atoms with Crippen LogP contribution in [-0.4, -0.2) is 11.9 Å². The molecule has 0 unspecified atom stereocenters. The summed E-state index contributed by atoms with van der Waals surface area (Å²) < 4.78 is 1.17. The number of nitrogens with two attached hydrogens (primary N) is 1. The van der Waals surface area contributed by atoms with E-state index < -0.39 is 0 Å². The summed E-state index contributed by atoms with van der Waals surface area (Å²) in [5.41, 5.74) is 6.82. The largest absolute Gasteiger partial charge is 0.327 e. The van der Waals surface area contributed by atoms with Crippen LogP contribution in [0.3, 0.4) is 0 Å². The normalized spacial score (nSPS) is 22.3. The summed E-state index contributed by atoms with van der Waals surface area (Å²) in [6.07, 6.45) is 3.85. The van der Waals surface area contributed by atoms with Gasteiger partial charge in [-0.2, -0.15) is 0 Å². The Balaban J connectivity index is 0.00000162. The fourth-order valence-corrected chi connectivity index (χ4v) is 2.66.